The highest BCUT2D eigenvalue weighted by atomic mass is 35.5. The zero-order valence-electron chi connectivity index (χ0n) is 11.5. The summed E-state index contributed by atoms with van der Waals surface area (Å²) in [6.45, 7) is 1.42. The first kappa shape index (κ1) is 14.9. The van der Waals surface area contributed by atoms with E-state index in [9.17, 15) is 0 Å². The van der Waals surface area contributed by atoms with Crippen molar-refractivity contribution in [3.05, 3.63) is 23.6 Å². The van der Waals surface area contributed by atoms with Crippen LogP contribution in [0, 0.1) is 0 Å². The Kier molecular flexibility index (Phi) is 4.73. The highest BCUT2D eigenvalue weighted by Gasteiger charge is 2.13. The summed E-state index contributed by atoms with van der Waals surface area (Å²) < 4.78 is 11.3. The minimum absolute atomic E-state index is 0. The SMILES string of the molecule is CN(C)c1nc(-c2ccc3c(c2)OCCCO3)cs1.Cl. The Morgan fingerprint density at radius 1 is 1.15 bits per heavy atom. The molecule has 2 heterocycles. The number of fused-ring (bicyclic) bond motifs is 1. The van der Waals surface area contributed by atoms with E-state index in [2.05, 4.69) is 10.4 Å². The third-order valence-electron chi connectivity index (χ3n) is 2.92. The molecule has 1 aromatic heterocycles. The minimum atomic E-state index is 0. The van der Waals surface area contributed by atoms with Gasteiger partial charge in [0.05, 0.1) is 18.9 Å². The van der Waals surface area contributed by atoms with Crippen molar-refractivity contribution >= 4 is 28.9 Å². The number of aromatic nitrogens is 1. The molecule has 2 aromatic rings. The van der Waals surface area contributed by atoms with Crippen LogP contribution in [0.4, 0.5) is 5.13 Å². The van der Waals surface area contributed by atoms with Gasteiger partial charge in [-0.1, -0.05) is 0 Å². The van der Waals surface area contributed by atoms with Crippen molar-refractivity contribution in [2.24, 2.45) is 0 Å². The number of benzene rings is 1. The Morgan fingerprint density at radius 2 is 1.90 bits per heavy atom. The molecule has 1 aromatic carbocycles. The molecule has 20 heavy (non-hydrogen) atoms. The number of rotatable bonds is 2. The molecular weight excluding hydrogens is 296 g/mol. The maximum atomic E-state index is 5.71. The van der Waals surface area contributed by atoms with Gasteiger partial charge in [0, 0.05) is 31.5 Å². The van der Waals surface area contributed by atoms with E-state index in [0.717, 1.165) is 34.3 Å². The molecule has 108 valence electrons. The molecule has 0 N–H and O–H groups in total. The van der Waals surface area contributed by atoms with Gasteiger partial charge < -0.3 is 14.4 Å². The second-order valence-corrected chi connectivity index (χ2v) is 5.46. The molecule has 4 nitrogen and oxygen atoms in total. The van der Waals surface area contributed by atoms with Crippen molar-refractivity contribution in [3.8, 4) is 22.8 Å². The monoisotopic (exact) mass is 312 g/mol. The van der Waals surface area contributed by atoms with Crippen molar-refractivity contribution in [2.45, 2.75) is 6.42 Å². The Labute approximate surface area is 128 Å². The first-order chi connectivity index (χ1) is 9.24. The molecular formula is C14H17ClN2O2S. The van der Waals surface area contributed by atoms with Crippen LogP contribution in [-0.4, -0.2) is 32.3 Å². The van der Waals surface area contributed by atoms with E-state index in [-0.39, 0.29) is 12.4 Å². The summed E-state index contributed by atoms with van der Waals surface area (Å²) in [5.41, 5.74) is 2.04. The molecule has 0 saturated carbocycles. The Morgan fingerprint density at radius 3 is 2.60 bits per heavy atom. The number of ether oxygens (including phenoxy) is 2. The predicted molar refractivity (Wildman–Crippen MR) is 84.7 cm³/mol. The Bertz CT molecular complexity index is 586. The molecule has 0 spiro atoms. The van der Waals surface area contributed by atoms with Crippen LogP contribution >= 0.6 is 23.7 Å². The van der Waals surface area contributed by atoms with Crippen molar-refractivity contribution in [1.82, 2.24) is 4.98 Å². The van der Waals surface area contributed by atoms with Crippen LogP contribution in [0.3, 0.4) is 0 Å². The van der Waals surface area contributed by atoms with Crippen molar-refractivity contribution < 1.29 is 9.47 Å². The molecule has 1 aliphatic heterocycles. The van der Waals surface area contributed by atoms with Crippen LogP contribution in [0.2, 0.25) is 0 Å². The number of halogens is 1. The molecule has 0 saturated heterocycles. The molecule has 0 unspecified atom stereocenters. The topological polar surface area (TPSA) is 34.6 Å². The largest absolute Gasteiger partial charge is 0.490 e. The van der Waals surface area contributed by atoms with E-state index in [1.807, 2.05) is 37.2 Å². The van der Waals surface area contributed by atoms with Crippen molar-refractivity contribution in [2.75, 3.05) is 32.2 Å². The van der Waals surface area contributed by atoms with Crippen molar-refractivity contribution in [1.29, 1.82) is 0 Å². The van der Waals surface area contributed by atoms with Crippen LogP contribution in [0.15, 0.2) is 23.6 Å². The van der Waals surface area contributed by atoms with Gasteiger partial charge in [-0.3, -0.25) is 0 Å². The van der Waals surface area contributed by atoms with E-state index in [0.29, 0.717) is 13.2 Å². The van der Waals surface area contributed by atoms with E-state index in [1.54, 1.807) is 11.3 Å². The molecule has 0 fully saturated rings. The van der Waals surface area contributed by atoms with Gasteiger partial charge >= 0.3 is 0 Å². The summed E-state index contributed by atoms with van der Waals surface area (Å²) in [6.07, 6.45) is 0.922. The first-order valence-electron chi connectivity index (χ1n) is 6.27. The fourth-order valence-electron chi connectivity index (χ4n) is 1.92. The smallest absolute Gasteiger partial charge is 0.185 e. The summed E-state index contributed by atoms with van der Waals surface area (Å²) in [6, 6.07) is 6.00. The summed E-state index contributed by atoms with van der Waals surface area (Å²) >= 11 is 1.64. The van der Waals surface area contributed by atoms with Crippen LogP contribution < -0.4 is 14.4 Å². The quantitative estimate of drug-likeness (QED) is 0.850. The molecule has 0 aliphatic carbocycles. The van der Waals surface area contributed by atoms with E-state index < -0.39 is 0 Å². The summed E-state index contributed by atoms with van der Waals surface area (Å²) in [7, 11) is 3.99. The molecule has 3 rings (SSSR count). The summed E-state index contributed by atoms with van der Waals surface area (Å²) in [5.74, 6) is 1.64. The highest BCUT2D eigenvalue weighted by molar-refractivity contribution is 7.14. The van der Waals surface area contributed by atoms with Gasteiger partial charge in [-0.05, 0) is 18.2 Å². The van der Waals surface area contributed by atoms with Crippen LogP contribution in [0.5, 0.6) is 11.5 Å². The maximum Gasteiger partial charge on any atom is 0.185 e. The van der Waals surface area contributed by atoms with Gasteiger partial charge in [0.15, 0.2) is 16.6 Å². The van der Waals surface area contributed by atoms with E-state index >= 15 is 0 Å². The zero-order chi connectivity index (χ0) is 13.2. The highest BCUT2D eigenvalue weighted by Crippen LogP contribution is 2.35. The lowest BCUT2D eigenvalue weighted by Crippen LogP contribution is -2.07. The standard InChI is InChI=1S/C14H16N2O2S.ClH/c1-16(2)14-15-11(9-19-14)10-4-5-12-13(8-10)18-7-3-6-17-12;/h4-5,8-9H,3,6-7H2,1-2H3;1H. The normalized spacial score (nSPS) is 13.3. The number of nitrogens with zero attached hydrogens (tertiary/aromatic N) is 2. The molecule has 1 aliphatic rings. The predicted octanol–water partition coefficient (Wildman–Crippen LogP) is 3.46. The number of hydrogen-bond donors (Lipinski definition) is 0. The van der Waals surface area contributed by atoms with Gasteiger partial charge in [-0.25, -0.2) is 4.98 Å². The first-order valence-corrected chi connectivity index (χ1v) is 7.15. The summed E-state index contributed by atoms with van der Waals surface area (Å²) in [5, 5.41) is 3.07. The third-order valence-corrected chi connectivity index (χ3v) is 3.93. The second-order valence-electron chi connectivity index (χ2n) is 4.62. The number of anilines is 1. The Balaban J connectivity index is 0.00000147. The van der Waals surface area contributed by atoms with Crippen LogP contribution in [0.1, 0.15) is 6.42 Å². The van der Waals surface area contributed by atoms with Gasteiger partial charge in [0.1, 0.15) is 0 Å². The lowest BCUT2D eigenvalue weighted by molar-refractivity contribution is 0.297. The van der Waals surface area contributed by atoms with Gasteiger partial charge in [-0.2, -0.15) is 0 Å². The second kappa shape index (κ2) is 6.33. The van der Waals surface area contributed by atoms with Crippen molar-refractivity contribution in [3.63, 3.8) is 0 Å². The average Bonchev–Trinajstić information content (AvgIpc) is 2.78. The minimum Gasteiger partial charge on any atom is -0.490 e. The third kappa shape index (κ3) is 2.99. The average molecular weight is 313 g/mol. The summed E-state index contributed by atoms with van der Waals surface area (Å²) in [4.78, 5) is 6.61. The molecule has 0 amide bonds. The molecule has 6 heteroatoms. The fraction of sp³-hybridized carbons (Fsp3) is 0.357. The van der Waals surface area contributed by atoms with Gasteiger partial charge in [0.2, 0.25) is 0 Å². The maximum absolute atomic E-state index is 5.71. The number of hydrogen-bond acceptors (Lipinski definition) is 5. The Hall–Kier alpha value is -1.46. The van der Waals surface area contributed by atoms with Gasteiger partial charge in [-0.15, -0.1) is 23.7 Å². The van der Waals surface area contributed by atoms with Crippen LogP contribution in [-0.2, 0) is 0 Å². The lowest BCUT2D eigenvalue weighted by Gasteiger charge is -2.08. The number of thiazole rings is 1. The molecule has 0 bridgehead atoms. The van der Waals surface area contributed by atoms with E-state index in [1.165, 1.54) is 0 Å². The van der Waals surface area contributed by atoms with E-state index in [4.69, 9.17) is 9.47 Å². The zero-order valence-corrected chi connectivity index (χ0v) is 13.1. The molecule has 0 atom stereocenters. The lowest BCUT2D eigenvalue weighted by atomic mass is 10.1. The van der Waals surface area contributed by atoms with Gasteiger partial charge in [0.25, 0.3) is 0 Å². The molecule has 0 radical (unpaired) electrons. The fourth-order valence-corrected chi connectivity index (χ4v) is 2.69. The van der Waals surface area contributed by atoms with Crippen LogP contribution in [0.25, 0.3) is 11.3 Å².